The van der Waals surface area contributed by atoms with E-state index in [-0.39, 0.29) is 17.8 Å². The van der Waals surface area contributed by atoms with Crippen molar-refractivity contribution in [3.05, 3.63) is 30.1 Å². The molecule has 2 aromatic rings. The van der Waals surface area contributed by atoms with Gasteiger partial charge in [-0.05, 0) is 18.4 Å². The summed E-state index contributed by atoms with van der Waals surface area (Å²) in [6.45, 7) is 8.34. The van der Waals surface area contributed by atoms with Gasteiger partial charge in [0.05, 0.1) is 18.9 Å². The van der Waals surface area contributed by atoms with Crippen LogP contribution in [0.4, 0.5) is 22.0 Å². The van der Waals surface area contributed by atoms with Crippen LogP contribution in [0.2, 0.25) is 0 Å². The molecule has 2 fully saturated rings. The quantitative estimate of drug-likeness (QED) is 0.835. The molecule has 1 atom stereocenters. The lowest BCUT2D eigenvalue weighted by molar-refractivity contribution is 0.122. The van der Waals surface area contributed by atoms with E-state index in [1.54, 1.807) is 6.20 Å². The van der Waals surface area contributed by atoms with Gasteiger partial charge >= 0.3 is 0 Å². The fourth-order valence-corrected chi connectivity index (χ4v) is 3.64. The number of halogens is 1. The van der Waals surface area contributed by atoms with Gasteiger partial charge in [-0.2, -0.15) is 4.98 Å². The topological polar surface area (TPSA) is 79.3 Å². The highest BCUT2D eigenvalue weighted by Gasteiger charge is 2.28. The summed E-state index contributed by atoms with van der Waals surface area (Å²) in [6.07, 6.45) is 4.08. The zero-order valence-electron chi connectivity index (χ0n) is 16.3. The molecule has 0 bridgehead atoms. The second-order valence-corrected chi connectivity index (χ2v) is 7.47. The van der Waals surface area contributed by atoms with Gasteiger partial charge in [0.2, 0.25) is 5.95 Å². The number of ether oxygens (including phenoxy) is 1. The number of rotatable bonds is 5. The van der Waals surface area contributed by atoms with Crippen LogP contribution in [0.1, 0.15) is 31.9 Å². The first kappa shape index (κ1) is 18.8. The molecule has 4 rings (SSSR count). The van der Waals surface area contributed by atoms with Crippen LogP contribution in [0, 0.1) is 5.82 Å². The molecular weight excluding hydrogens is 361 g/mol. The predicted octanol–water partition coefficient (Wildman–Crippen LogP) is 2.06. The number of aromatic nitrogens is 4. The molecule has 28 heavy (non-hydrogen) atoms. The third-order valence-corrected chi connectivity index (χ3v) is 5.14. The van der Waals surface area contributed by atoms with Crippen LogP contribution in [-0.4, -0.2) is 65.4 Å². The Morgan fingerprint density at radius 2 is 1.96 bits per heavy atom. The van der Waals surface area contributed by atoms with Gasteiger partial charge in [-0.3, -0.25) is 0 Å². The molecule has 9 heteroatoms. The van der Waals surface area contributed by atoms with Crippen molar-refractivity contribution in [3.63, 3.8) is 0 Å². The molecular formula is C19H26FN7O. The van der Waals surface area contributed by atoms with E-state index < -0.39 is 0 Å². The summed E-state index contributed by atoms with van der Waals surface area (Å²) >= 11 is 0. The molecule has 150 valence electrons. The summed E-state index contributed by atoms with van der Waals surface area (Å²) in [5, 5.41) is 3.39. The number of anilines is 3. The Balaban J connectivity index is 1.42. The van der Waals surface area contributed by atoms with Gasteiger partial charge in [0.1, 0.15) is 12.1 Å². The van der Waals surface area contributed by atoms with E-state index in [0.717, 1.165) is 31.9 Å². The Kier molecular flexibility index (Phi) is 5.52. The molecule has 0 spiro atoms. The molecule has 0 saturated carbocycles. The van der Waals surface area contributed by atoms with Gasteiger partial charge in [0.15, 0.2) is 11.6 Å². The molecule has 2 aromatic heterocycles. The van der Waals surface area contributed by atoms with Gasteiger partial charge in [-0.15, -0.1) is 0 Å². The largest absolute Gasteiger partial charge is 0.378 e. The van der Waals surface area contributed by atoms with Crippen LogP contribution in [-0.2, 0) is 4.74 Å². The molecule has 1 N–H and O–H groups in total. The number of nitrogens with one attached hydrogen (secondary N) is 1. The van der Waals surface area contributed by atoms with Crippen LogP contribution < -0.4 is 15.1 Å². The lowest BCUT2D eigenvalue weighted by atomic mass is 10.1. The molecule has 1 unspecified atom stereocenters. The maximum absolute atomic E-state index is 14.8. The minimum Gasteiger partial charge on any atom is -0.378 e. The molecule has 2 aliphatic heterocycles. The second-order valence-electron chi connectivity index (χ2n) is 7.47. The Bertz CT molecular complexity index is 813. The average molecular weight is 387 g/mol. The first-order valence-electron chi connectivity index (χ1n) is 9.79. The molecule has 8 nitrogen and oxygen atoms in total. The minimum absolute atomic E-state index is 0.0228. The standard InChI is InChI=1S/C19H26FN7O/c1-13(2)17-16(20)18(23-12-22-17)27-6-4-14(11-27)24-19-21-5-3-15(25-19)26-7-9-28-10-8-26/h3,5,12-14H,4,6-11H2,1-2H3,(H,21,24,25). The van der Waals surface area contributed by atoms with E-state index in [2.05, 4.69) is 30.2 Å². The summed E-state index contributed by atoms with van der Waals surface area (Å²) in [4.78, 5) is 21.4. The van der Waals surface area contributed by atoms with Crippen LogP contribution >= 0.6 is 0 Å². The summed E-state index contributed by atoms with van der Waals surface area (Å²) < 4.78 is 20.2. The van der Waals surface area contributed by atoms with Gasteiger partial charge in [-0.25, -0.2) is 19.3 Å². The fraction of sp³-hybridized carbons (Fsp3) is 0.579. The summed E-state index contributed by atoms with van der Waals surface area (Å²) in [5.74, 6) is 1.59. The van der Waals surface area contributed by atoms with Crippen molar-refractivity contribution in [2.75, 3.05) is 54.5 Å². The Morgan fingerprint density at radius 3 is 2.75 bits per heavy atom. The third-order valence-electron chi connectivity index (χ3n) is 5.14. The Hall–Kier alpha value is -2.55. The van der Waals surface area contributed by atoms with Crippen molar-refractivity contribution in [2.45, 2.75) is 32.2 Å². The molecule has 2 aliphatic rings. The second kappa shape index (κ2) is 8.22. The van der Waals surface area contributed by atoms with Crippen molar-refractivity contribution >= 4 is 17.6 Å². The van der Waals surface area contributed by atoms with Crippen molar-refractivity contribution in [2.24, 2.45) is 0 Å². The predicted molar refractivity (Wildman–Crippen MR) is 105 cm³/mol. The highest BCUT2D eigenvalue weighted by atomic mass is 19.1. The lowest BCUT2D eigenvalue weighted by Crippen LogP contribution is -2.37. The normalized spacial score (nSPS) is 20.1. The highest BCUT2D eigenvalue weighted by molar-refractivity contribution is 5.46. The van der Waals surface area contributed by atoms with Gasteiger partial charge in [0, 0.05) is 38.4 Å². The summed E-state index contributed by atoms with van der Waals surface area (Å²) in [5.41, 5.74) is 0.461. The number of hydrogen-bond donors (Lipinski definition) is 1. The minimum atomic E-state index is -0.316. The van der Waals surface area contributed by atoms with Crippen LogP contribution in [0.5, 0.6) is 0 Å². The summed E-state index contributed by atoms with van der Waals surface area (Å²) in [7, 11) is 0. The molecule has 0 amide bonds. The van der Waals surface area contributed by atoms with Crippen molar-refractivity contribution in [3.8, 4) is 0 Å². The number of morpholine rings is 1. The summed E-state index contributed by atoms with van der Waals surface area (Å²) in [6, 6.07) is 2.05. The van der Waals surface area contributed by atoms with Crippen molar-refractivity contribution in [1.29, 1.82) is 0 Å². The van der Waals surface area contributed by atoms with E-state index in [1.807, 2.05) is 24.8 Å². The van der Waals surface area contributed by atoms with Crippen LogP contribution in [0.3, 0.4) is 0 Å². The Morgan fingerprint density at radius 1 is 1.14 bits per heavy atom. The molecule has 0 radical (unpaired) electrons. The van der Waals surface area contributed by atoms with E-state index in [4.69, 9.17) is 4.74 Å². The van der Waals surface area contributed by atoms with Crippen LogP contribution in [0.15, 0.2) is 18.6 Å². The van der Waals surface area contributed by atoms with E-state index in [1.165, 1.54) is 6.33 Å². The maximum Gasteiger partial charge on any atom is 0.224 e. The van der Waals surface area contributed by atoms with E-state index >= 15 is 0 Å². The smallest absolute Gasteiger partial charge is 0.224 e. The lowest BCUT2D eigenvalue weighted by Gasteiger charge is -2.28. The van der Waals surface area contributed by atoms with Crippen molar-refractivity contribution < 1.29 is 9.13 Å². The van der Waals surface area contributed by atoms with E-state index in [0.29, 0.717) is 37.2 Å². The number of hydrogen-bond acceptors (Lipinski definition) is 8. The highest BCUT2D eigenvalue weighted by Crippen LogP contribution is 2.26. The zero-order valence-corrected chi connectivity index (χ0v) is 16.3. The maximum atomic E-state index is 14.8. The first-order valence-corrected chi connectivity index (χ1v) is 9.79. The SMILES string of the molecule is CC(C)c1ncnc(N2CCC(Nc3nccc(N4CCOCC4)n3)C2)c1F. The van der Waals surface area contributed by atoms with Gasteiger partial charge in [0.25, 0.3) is 0 Å². The molecule has 0 aromatic carbocycles. The van der Waals surface area contributed by atoms with Gasteiger partial charge < -0.3 is 19.9 Å². The third kappa shape index (κ3) is 3.99. The fourth-order valence-electron chi connectivity index (χ4n) is 3.64. The molecule has 4 heterocycles. The van der Waals surface area contributed by atoms with Crippen molar-refractivity contribution in [1.82, 2.24) is 19.9 Å². The van der Waals surface area contributed by atoms with Crippen LogP contribution in [0.25, 0.3) is 0 Å². The zero-order chi connectivity index (χ0) is 19.5. The Labute approximate surface area is 164 Å². The van der Waals surface area contributed by atoms with Gasteiger partial charge in [-0.1, -0.05) is 13.8 Å². The molecule has 0 aliphatic carbocycles. The average Bonchev–Trinajstić information content (AvgIpc) is 3.17. The number of nitrogens with zero attached hydrogens (tertiary/aromatic N) is 6. The monoisotopic (exact) mass is 387 g/mol. The molecule has 2 saturated heterocycles. The van der Waals surface area contributed by atoms with E-state index in [9.17, 15) is 4.39 Å². The first-order chi connectivity index (χ1) is 13.6.